The molecule has 0 saturated heterocycles. The van der Waals surface area contributed by atoms with Crippen LogP contribution < -0.4 is 10.1 Å². The van der Waals surface area contributed by atoms with Gasteiger partial charge < -0.3 is 20.3 Å². The minimum Gasteiger partial charge on any atom is -0.490 e. The molecule has 3 N–H and O–H groups in total. The Bertz CT molecular complexity index is 385. The summed E-state index contributed by atoms with van der Waals surface area (Å²) in [7, 11) is 0. The van der Waals surface area contributed by atoms with E-state index in [-0.39, 0.29) is 13.2 Å². The zero-order valence-electron chi connectivity index (χ0n) is 10.7. The standard InChI is InChI=1S/C13H20BrNO3/c1-3-15-6-10-5-11(14)4-9(2)13(10)18-8-12(17)7-16/h4-5,12,15-17H,3,6-8H2,1-2H3. The van der Waals surface area contributed by atoms with Crippen molar-refractivity contribution in [3.8, 4) is 5.75 Å². The van der Waals surface area contributed by atoms with Gasteiger partial charge in [-0.2, -0.15) is 0 Å². The van der Waals surface area contributed by atoms with E-state index in [9.17, 15) is 5.11 Å². The predicted octanol–water partition coefficient (Wildman–Crippen LogP) is 1.60. The second-order valence-electron chi connectivity index (χ2n) is 4.14. The Morgan fingerprint density at radius 2 is 2.17 bits per heavy atom. The molecule has 4 nitrogen and oxygen atoms in total. The molecule has 0 amide bonds. The van der Waals surface area contributed by atoms with Crippen molar-refractivity contribution in [1.29, 1.82) is 0 Å². The van der Waals surface area contributed by atoms with Crippen LogP contribution in [0.15, 0.2) is 16.6 Å². The lowest BCUT2D eigenvalue weighted by molar-refractivity contribution is 0.0530. The summed E-state index contributed by atoms with van der Waals surface area (Å²) < 4.78 is 6.60. The molecular formula is C13H20BrNO3. The van der Waals surface area contributed by atoms with E-state index < -0.39 is 6.10 Å². The van der Waals surface area contributed by atoms with Crippen LogP contribution in [0, 0.1) is 6.92 Å². The number of aryl methyl sites for hydroxylation is 1. The third-order valence-electron chi connectivity index (χ3n) is 2.51. The van der Waals surface area contributed by atoms with Gasteiger partial charge in [0.15, 0.2) is 0 Å². The van der Waals surface area contributed by atoms with Crippen LogP contribution in [0.4, 0.5) is 0 Å². The lowest BCUT2D eigenvalue weighted by Crippen LogP contribution is -2.22. The highest BCUT2D eigenvalue weighted by Gasteiger charge is 2.11. The molecule has 1 aromatic rings. The van der Waals surface area contributed by atoms with Crippen molar-refractivity contribution in [2.24, 2.45) is 0 Å². The lowest BCUT2D eigenvalue weighted by Gasteiger charge is -2.17. The van der Waals surface area contributed by atoms with Crippen molar-refractivity contribution in [2.45, 2.75) is 26.5 Å². The van der Waals surface area contributed by atoms with E-state index in [0.29, 0.717) is 6.54 Å². The second-order valence-corrected chi connectivity index (χ2v) is 5.05. The third-order valence-corrected chi connectivity index (χ3v) is 2.97. The number of nitrogens with one attached hydrogen (secondary N) is 1. The molecule has 0 saturated carbocycles. The highest BCUT2D eigenvalue weighted by Crippen LogP contribution is 2.28. The van der Waals surface area contributed by atoms with Crippen LogP contribution >= 0.6 is 15.9 Å². The SMILES string of the molecule is CCNCc1cc(Br)cc(C)c1OCC(O)CO. The van der Waals surface area contributed by atoms with Crippen molar-refractivity contribution in [3.05, 3.63) is 27.7 Å². The fourth-order valence-electron chi connectivity index (χ4n) is 1.63. The number of aliphatic hydroxyl groups is 2. The molecule has 0 fully saturated rings. The average Bonchev–Trinajstić information content (AvgIpc) is 2.34. The van der Waals surface area contributed by atoms with Gasteiger partial charge in [-0.05, 0) is 31.2 Å². The maximum Gasteiger partial charge on any atom is 0.126 e. The maximum atomic E-state index is 9.33. The molecule has 1 atom stereocenters. The Morgan fingerprint density at radius 3 is 2.78 bits per heavy atom. The maximum absolute atomic E-state index is 9.33. The monoisotopic (exact) mass is 317 g/mol. The minimum atomic E-state index is -0.847. The van der Waals surface area contributed by atoms with E-state index in [1.165, 1.54) is 0 Å². The van der Waals surface area contributed by atoms with Crippen LogP contribution in [0.3, 0.4) is 0 Å². The molecule has 5 heteroatoms. The number of hydrogen-bond acceptors (Lipinski definition) is 4. The molecule has 0 aliphatic rings. The molecule has 1 unspecified atom stereocenters. The van der Waals surface area contributed by atoms with Crippen molar-refractivity contribution < 1.29 is 14.9 Å². The number of rotatable bonds is 7. The Balaban J connectivity index is 2.85. The number of hydrogen-bond donors (Lipinski definition) is 3. The van der Waals surface area contributed by atoms with Crippen LogP contribution in [-0.4, -0.2) is 36.1 Å². The molecule has 1 rings (SSSR count). The summed E-state index contributed by atoms with van der Waals surface area (Å²) >= 11 is 3.46. The smallest absolute Gasteiger partial charge is 0.126 e. The Labute approximate surface area is 116 Å². The Kier molecular flexibility index (Phi) is 6.63. The Hall–Kier alpha value is -0.620. The van der Waals surface area contributed by atoms with Crippen LogP contribution in [0.1, 0.15) is 18.1 Å². The zero-order chi connectivity index (χ0) is 13.5. The molecule has 0 heterocycles. The largest absolute Gasteiger partial charge is 0.490 e. The quantitative estimate of drug-likeness (QED) is 0.715. The van der Waals surface area contributed by atoms with Crippen LogP contribution in [0.25, 0.3) is 0 Å². The molecule has 0 spiro atoms. The normalized spacial score (nSPS) is 12.5. The van der Waals surface area contributed by atoms with Crippen molar-refractivity contribution >= 4 is 15.9 Å². The lowest BCUT2D eigenvalue weighted by atomic mass is 10.1. The van der Waals surface area contributed by atoms with E-state index in [1.807, 2.05) is 26.0 Å². The number of halogens is 1. The molecule has 102 valence electrons. The molecule has 18 heavy (non-hydrogen) atoms. The molecule has 0 aliphatic heterocycles. The van der Waals surface area contributed by atoms with Crippen molar-refractivity contribution in [2.75, 3.05) is 19.8 Å². The van der Waals surface area contributed by atoms with Crippen LogP contribution in [0.2, 0.25) is 0 Å². The molecule has 0 radical (unpaired) electrons. The van der Waals surface area contributed by atoms with E-state index in [0.717, 1.165) is 27.9 Å². The first kappa shape index (κ1) is 15.4. The summed E-state index contributed by atoms with van der Waals surface area (Å²) in [6, 6.07) is 3.96. The first-order valence-electron chi connectivity index (χ1n) is 6.00. The first-order chi connectivity index (χ1) is 8.58. The van der Waals surface area contributed by atoms with E-state index in [2.05, 4.69) is 21.2 Å². The molecule has 0 aromatic heterocycles. The topological polar surface area (TPSA) is 61.7 Å². The van der Waals surface area contributed by atoms with Gasteiger partial charge in [-0.3, -0.25) is 0 Å². The highest BCUT2D eigenvalue weighted by atomic mass is 79.9. The average molecular weight is 318 g/mol. The number of benzene rings is 1. The number of aliphatic hydroxyl groups excluding tert-OH is 2. The van der Waals surface area contributed by atoms with Gasteiger partial charge in [-0.25, -0.2) is 0 Å². The Morgan fingerprint density at radius 1 is 1.44 bits per heavy atom. The fourth-order valence-corrected chi connectivity index (χ4v) is 2.25. The van der Waals surface area contributed by atoms with Gasteiger partial charge >= 0.3 is 0 Å². The highest BCUT2D eigenvalue weighted by molar-refractivity contribution is 9.10. The first-order valence-corrected chi connectivity index (χ1v) is 6.79. The molecule has 0 bridgehead atoms. The summed E-state index contributed by atoms with van der Waals surface area (Å²) in [5, 5.41) is 21.4. The van der Waals surface area contributed by atoms with E-state index >= 15 is 0 Å². The predicted molar refractivity (Wildman–Crippen MR) is 74.8 cm³/mol. The second kappa shape index (κ2) is 7.74. The summed E-state index contributed by atoms with van der Waals surface area (Å²) in [6.07, 6.45) is -0.847. The van der Waals surface area contributed by atoms with Gasteiger partial charge in [0.25, 0.3) is 0 Å². The van der Waals surface area contributed by atoms with E-state index in [1.54, 1.807) is 0 Å². The van der Waals surface area contributed by atoms with Gasteiger partial charge in [0.05, 0.1) is 6.61 Å². The van der Waals surface area contributed by atoms with Crippen LogP contribution in [-0.2, 0) is 6.54 Å². The summed E-state index contributed by atoms with van der Waals surface area (Å²) in [5.41, 5.74) is 2.04. The van der Waals surface area contributed by atoms with Gasteiger partial charge in [-0.15, -0.1) is 0 Å². The molecule has 0 aliphatic carbocycles. The molecular weight excluding hydrogens is 298 g/mol. The minimum absolute atomic E-state index is 0.0953. The van der Waals surface area contributed by atoms with Gasteiger partial charge in [0, 0.05) is 16.6 Å². The summed E-state index contributed by atoms with van der Waals surface area (Å²) in [5.74, 6) is 0.770. The summed E-state index contributed by atoms with van der Waals surface area (Å²) in [6.45, 7) is 5.39. The third kappa shape index (κ3) is 4.57. The number of ether oxygens (including phenoxy) is 1. The van der Waals surface area contributed by atoms with E-state index in [4.69, 9.17) is 9.84 Å². The summed E-state index contributed by atoms with van der Waals surface area (Å²) in [4.78, 5) is 0. The van der Waals surface area contributed by atoms with Crippen LogP contribution in [0.5, 0.6) is 5.75 Å². The molecule has 1 aromatic carbocycles. The van der Waals surface area contributed by atoms with Crippen molar-refractivity contribution in [1.82, 2.24) is 5.32 Å². The van der Waals surface area contributed by atoms with Gasteiger partial charge in [-0.1, -0.05) is 22.9 Å². The van der Waals surface area contributed by atoms with Crippen molar-refractivity contribution in [3.63, 3.8) is 0 Å². The van der Waals surface area contributed by atoms with Gasteiger partial charge in [0.1, 0.15) is 18.5 Å². The fraction of sp³-hybridized carbons (Fsp3) is 0.538. The van der Waals surface area contributed by atoms with Gasteiger partial charge in [0.2, 0.25) is 0 Å². The zero-order valence-corrected chi connectivity index (χ0v) is 12.3.